The maximum absolute atomic E-state index is 14.0. The summed E-state index contributed by atoms with van der Waals surface area (Å²) < 4.78 is 14.0. The first-order valence-corrected chi connectivity index (χ1v) is 8.91. The number of nitriles is 1. The highest BCUT2D eigenvalue weighted by atomic mass is 19.1. The fourth-order valence-corrected chi connectivity index (χ4v) is 3.74. The number of rotatable bonds is 4. The maximum atomic E-state index is 14.0. The number of hydrogen-bond acceptors (Lipinski definition) is 5. The average molecular weight is 366 g/mol. The highest BCUT2D eigenvalue weighted by molar-refractivity contribution is 6.12. The largest absolute Gasteiger partial charge is 0.478 e. The van der Waals surface area contributed by atoms with E-state index in [2.05, 4.69) is 11.9 Å². The number of fused-ring (bicyclic) bond motifs is 1. The van der Waals surface area contributed by atoms with Gasteiger partial charge in [0.1, 0.15) is 11.9 Å². The van der Waals surface area contributed by atoms with Gasteiger partial charge in [0, 0.05) is 17.3 Å². The predicted octanol–water partition coefficient (Wildman–Crippen LogP) is 3.03. The van der Waals surface area contributed by atoms with E-state index in [1.807, 2.05) is 23.0 Å². The first-order valence-electron chi connectivity index (χ1n) is 8.91. The number of aliphatic imine (C=N–C) groups is 1. The number of halogens is 1. The first kappa shape index (κ1) is 17.4. The summed E-state index contributed by atoms with van der Waals surface area (Å²) in [6.07, 6.45) is 4.07. The summed E-state index contributed by atoms with van der Waals surface area (Å²) in [4.78, 5) is 16.4. The van der Waals surface area contributed by atoms with Crippen molar-refractivity contribution in [3.05, 3.63) is 58.3 Å². The molecule has 2 aliphatic heterocycles. The lowest BCUT2D eigenvalue weighted by Gasteiger charge is -2.37. The molecule has 0 radical (unpaired) electrons. The standard InChI is InChI=1S/C20H19FN4O2/c1-11-8-18(14-4-3-5-17(21)15(14)9-22)23-19-16(20(26)27)10-24(25(11)19)12(2)13-6-7-13/h3-5,8,12-13H,6-7,10H2,1-2H3,(H,26,27)/t12-/m0/s1. The Morgan fingerprint density at radius 3 is 2.81 bits per heavy atom. The van der Waals surface area contributed by atoms with Gasteiger partial charge in [0.2, 0.25) is 0 Å². The Morgan fingerprint density at radius 1 is 1.44 bits per heavy atom. The Kier molecular flexibility index (Phi) is 4.08. The van der Waals surface area contributed by atoms with E-state index in [1.54, 1.807) is 12.1 Å². The van der Waals surface area contributed by atoms with Crippen LogP contribution in [0.5, 0.6) is 0 Å². The summed E-state index contributed by atoms with van der Waals surface area (Å²) in [5, 5.41) is 22.9. The van der Waals surface area contributed by atoms with Crippen molar-refractivity contribution in [1.82, 2.24) is 10.0 Å². The predicted molar refractivity (Wildman–Crippen MR) is 96.8 cm³/mol. The molecular weight excluding hydrogens is 347 g/mol. The molecule has 1 aromatic rings. The molecule has 0 spiro atoms. The monoisotopic (exact) mass is 366 g/mol. The molecular formula is C20H19FN4O2. The molecule has 4 rings (SSSR count). The van der Waals surface area contributed by atoms with E-state index in [1.165, 1.54) is 12.1 Å². The van der Waals surface area contributed by atoms with Gasteiger partial charge in [-0.25, -0.2) is 19.2 Å². The zero-order chi connectivity index (χ0) is 19.3. The van der Waals surface area contributed by atoms with E-state index >= 15 is 0 Å². The Balaban J connectivity index is 1.81. The molecule has 0 aromatic heterocycles. The average Bonchev–Trinajstić information content (AvgIpc) is 3.40. The quantitative estimate of drug-likeness (QED) is 0.886. The van der Waals surface area contributed by atoms with Crippen LogP contribution in [0.4, 0.5) is 4.39 Å². The van der Waals surface area contributed by atoms with Gasteiger partial charge < -0.3 is 5.11 Å². The molecule has 0 unspecified atom stereocenters. The van der Waals surface area contributed by atoms with Crippen molar-refractivity contribution >= 4 is 11.7 Å². The number of hydrogen-bond donors (Lipinski definition) is 1. The molecule has 1 aromatic carbocycles. The lowest BCUT2D eigenvalue weighted by atomic mass is 10.0. The van der Waals surface area contributed by atoms with Crippen LogP contribution in [0, 0.1) is 23.1 Å². The molecule has 1 aliphatic carbocycles. The molecule has 0 amide bonds. The van der Waals surface area contributed by atoms with Crippen LogP contribution in [0.15, 0.2) is 46.4 Å². The van der Waals surface area contributed by atoms with Gasteiger partial charge >= 0.3 is 5.97 Å². The number of carboxylic acids is 1. The Morgan fingerprint density at radius 2 is 2.19 bits per heavy atom. The summed E-state index contributed by atoms with van der Waals surface area (Å²) >= 11 is 0. The van der Waals surface area contributed by atoms with E-state index in [9.17, 15) is 19.6 Å². The van der Waals surface area contributed by atoms with Gasteiger partial charge in [-0.2, -0.15) is 5.26 Å². The fourth-order valence-electron chi connectivity index (χ4n) is 3.74. The number of allylic oxidation sites excluding steroid dienone is 2. The van der Waals surface area contributed by atoms with Crippen LogP contribution in [0.25, 0.3) is 0 Å². The van der Waals surface area contributed by atoms with Crippen molar-refractivity contribution in [1.29, 1.82) is 5.26 Å². The minimum Gasteiger partial charge on any atom is -0.478 e. The molecule has 0 saturated heterocycles. The van der Waals surface area contributed by atoms with Crippen LogP contribution in [0.3, 0.4) is 0 Å². The van der Waals surface area contributed by atoms with Crippen LogP contribution in [0.1, 0.15) is 37.8 Å². The fraction of sp³-hybridized carbons (Fsp3) is 0.350. The maximum Gasteiger partial charge on any atom is 0.336 e. The van der Waals surface area contributed by atoms with Gasteiger partial charge in [-0.15, -0.1) is 0 Å². The van der Waals surface area contributed by atoms with Gasteiger partial charge in [-0.1, -0.05) is 12.1 Å². The van der Waals surface area contributed by atoms with Crippen LogP contribution in [-0.4, -0.2) is 39.4 Å². The topological polar surface area (TPSA) is 79.9 Å². The number of benzene rings is 1. The molecule has 27 heavy (non-hydrogen) atoms. The number of nitrogens with zero attached hydrogens (tertiary/aromatic N) is 4. The zero-order valence-corrected chi connectivity index (χ0v) is 15.1. The highest BCUT2D eigenvalue weighted by Gasteiger charge is 2.43. The number of carbonyl (C=O) groups is 1. The van der Waals surface area contributed by atoms with E-state index in [4.69, 9.17) is 0 Å². The molecule has 0 bridgehead atoms. The minimum absolute atomic E-state index is 0.0903. The third-order valence-electron chi connectivity index (χ3n) is 5.39. The van der Waals surface area contributed by atoms with E-state index in [0.717, 1.165) is 18.5 Å². The summed E-state index contributed by atoms with van der Waals surface area (Å²) in [7, 11) is 0. The van der Waals surface area contributed by atoms with E-state index in [-0.39, 0.29) is 23.7 Å². The van der Waals surface area contributed by atoms with Crippen LogP contribution < -0.4 is 0 Å². The second-order valence-electron chi connectivity index (χ2n) is 7.15. The Bertz CT molecular complexity index is 969. The lowest BCUT2D eigenvalue weighted by Crippen LogP contribution is -2.44. The van der Waals surface area contributed by atoms with Gasteiger partial charge in [-0.05, 0) is 44.7 Å². The third-order valence-corrected chi connectivity index (χ3v) is 5.39. The molecule has 1 saturated carbocycles. The molecule has 138 valence electrons. The van der Waals surface area contributed by atoms with Crippen molar-refractivity contribution in [2.45, 2.75) is 32.7 Å². The van der Waals surface area contributed by atoms with Gasteiger partial charge in [-0.3, -0.25) is 5.01 Å². The molecule has 7 heteroatoms. The molecule has 3 aliphatic rings. The second kappa shape index (κ2) is 6.32. The second-order valence-corrected chi connectivity index (χ2v) is 7.15. The molecule has 1 fully saturated rings. The number of hydrazine groups is 1. The SMILES string of the molecule is CC1=CC(c2cccc(F)c2C#N)=NC2=C(C(=O)O)CN([C@@H](C)C3CC3)N12. The van der Waals surface area contributed by atoms with Crippen molar-refractivity contribution in [2.75, 3.05) is 6.54 Å². The number of carboxylic acid groups (broad SMARTS) is 1. The normalized spacial score (nSPS) is 20.7. The summed E-state index contributed by atoms with van der Waals surface area (Å²) in [6, 6.07) is 6.46. The zero-order valence-electron chi connectivity index (χ0n) is 15.1. The minimum atomic E-state index is -1.02. The smallest absolute Gasteiger partial charge is 0.336 e. The summed E-state index contributed by atoms with van der Waals surface area (Å²) in [5.41, 5.74) is 1.68. The molecule has 1 N–H and O–H groups in total. The summed E-state index contributed by atoms with van der Waals surface area (Å²) in [6.45, 7) is 4.25. The summed E-state index contributed by atoms with van der Waals surface area (Å²) in [5.74, 6) is -0.726. The van der Waals surface area contributed by atoms with Crippen LogP contribution >= 0.6 is 0 Å². The van der Waals surface area contributed by atoms with E-state index < -0.39 is 11.8 Å². The van der Waals surface area contributed by atoms with Gasteiger partial charge in [0.05, 0.1) is 23.4 Å². The lowest BCUT2D eigenvalue weighted by molar-refractivity contribution is -0.132. The van der Waals surface area contributed by atoms with Gasteiger partial charge in [0.25, 0.3) is 0 Å². The third kappa shape index (κ3) is 2.82. The van der Waals surface area contributed by atoms with Crippen LogP contribution in [0.2, 0.25) is 0 Å². The Hall–Kier alpha value is -2.98. The molecule has 6 nitrogen and oxygen atoms in total. The molecule has 2 heterocycles. The van der Waals surface area contributed by atoms with Gasteiger partial charge in [0.15, 0.2) is 5.82 Å². The first-order chi connectivity index (χ1) is 12.9. The van der Waals surface area contributed by atoms with Crippen molar-refractivity contribution < 1.29 is 14.3 Å². The van der Waals surface area contributed by atoms with E-state index in [0.29, 0.717) is 23.0 Å². The van der Waals surface area contributed by atoms with Crippen molar-refractivity contribution in [3.8, 4) is 6.07 Å². The Labute approximate surface area is 156 Å². The highest BCUT2D eigenvalue weighted by Crippen LogP contribution is 2.41. The van der Waals surface area contributed by atoms with Crippen molar-refractivity contribution in [2.24, 2.45) is 10.9 Å². The number of aliphatic carboxylic acids is 1. The molecule has 1 atom stereocenters. The van der Waals surface area contributed by atoms with Crippen molar-refractivity contribution in [3.63, 3.8) is 0 Å². The van der Waals surface area contributed by atoms with Crippen LogP contribution in [-0.2, 0) is 4.79 Å².